The fourth-order valence-electron chi connectivity index (χ4n) is 2.71. The predicted molar refractivity (Wildman–Crippen MR) is 89.9 cm³/mol. The van der Waals surface area contributed by atoms with Gasteiger partial charge in [-0.1, -0.05) is 44.2 Å². The first-order chi connectivity index (χ1) is 10.0. The van der Waals surface area contributed by atoms with Gasteiger partial charge in [-0.25, -0.2) is 0 Å². The Morgan fingerprint density at radius 3 is 2.24 bits per heavy atom. The second kappa shape index (κ2) is 5.50. The second-order valence-electron chi connectivity index (χ2n) is 5.37. The van der Waals surface area contributed by atoms with Crippen molar-refractivity contribution >= 4 is 35.1 Å². The zero-order valence-electron chi connectivity index (χ0n) is 12.0. The van der Waals surface area contributed by atoms with Crippen LogP contribution < -0.4 is 0 Å². The molecule has 0 aromatic heterocycles. The van der Waals surface area contributed by atoms with Gasteiger partial charge in [-0.15, -0.1) is 30.1 Å². The van der Waals surface area contributed by atoms with E-state index in [0.717, 1.165) is 4.24 Å². The number of thioether (sulfide) groups is 2. The summed E-state index contributed by atoms with van der Waals surface area (Å²) in [6.45, 7) is 8.13. The van der Waals surface area contributed by atoms with E-state index >= 15 is 0 Å². The van der Waals surface area contributed by atoms with Crippen LogP contribution in [0, 0.1) is 5.92 Å². The Morgan fingerprint density at radius 1 is 1.14 bits per heavy atom. The van der Waals surface area contributed by atoms with Crippen LogP contribution in [-0.2, 0) is 0 Å². The number of carbonyl (C=O) groups excluding carboxylic acids is 2. The van der Waals surface area contributed by atoms with Crippen molar-refractivity contribution in [2.24, 2.45) is 5.92 Å². The highest BCUT2D eigenvalue weighted by molar-refractivity contribution is 8.26. The lowest BCUT2D eigenvalue weighted by molar-refractivity contribution is 0.0989. The minimum Gasteiger partial charge on any atom is -0.288 e. The van der Waals surface area contributed by atoms with Gasteiger partial charge in [0.05, 0.1) is 9.81 Å². The van der Waals surface area contributed by atoms with Crippen molar-refractivity contribution in [3.8, 4) is 0 Å². The minimum absolute atomic E-state index is 0.121. The molecule has 4 heteroatoms. The lowest BCUT2D eigenvalue weighted by Crippen LogP contribution is -2.18. The molecular formula is C17H16O2S2. The normalized spacial score (nSPS) is 26.2. The zero-order valence-corrected chi connectivity index (χ0v) is 13.6. The first-order valence-corrected chi connectivity index (χ1v) is 8.69. The molecular weight excluding hydrogens is 300 g/mol. The van der Waals surface area contributed by atoms with Crippen LogP contribution in [0.1, 0.15) is 34.6 Å². The number of allylic oxidation sites excluding steroid dienone is 2. The van der Waals surface area contributed by atoms with E-state index in [1.165, 1.54) is 0 Å². The third kappa shape index (κ3) is 2.30. The molecule has 1 aliphatic carbocycles. The summed E-state index contributed by atoms with van der Waals surface area (Å²) in [6.07, 6.45) is 1.94. The van der Waals surface area contributed by atoms with Gasteiger partial charge in [-0.3, -0.25) is 9.59 Å². The van der Waals surface area contributed by atoms with Crippen LogP contribution in [0.4, 0.5) is 0 Å². The van der Waals surface area contributed by atoms with Gasteiger partial charge in [0.25, 0.3) is 0 Å². The highest BCUT2D eigenvalue weighted by Crippen LogP contribution is 2.52. The van der Waals surface area contributed by atoms with E-state index in [0.29, 0.717) is 33.1 Å². The van der Waals surface area contributed by atoms with E-state index in [1.807, 2.05) is 6.08 Å². The summed E-state index contributed by atoms with van der Waals surface area (Å²) in [5.41, 5.74) is 1.45. The molecule has 3 unspecified atom stereocenters. The Balaban J connectivity index is 2.01. The van der Waals surface area contributed by atoms with Crippen molar-refractivity contribution in [3.63, 3.8) is 0 Å². The van der Waals surface area contributed by atoms with Gasteiger partial charge in [0.15, 0.2) is 11.6 Å². The zero-order chi connectivity index (χ0) is 15.1. The highest BCUT2D eigenvalue weighted by atomic mass is 32.2. The Kier molecular flexibility index (Phi) is 3.84. The molecule has 1 aromatic rings. The van der Waals surface area contributed by atoms with Gasteiger partial charge in [0, 0.05) is 21.6 Å². The molecule has 1 saturated heterocycles. The van der Waals surface area contributed by atoms with E-state index < -0.39 is 0 Å². The molecule has 0 saturated carbocycles. The number of fused-ring (bicyclic) bond motifs is 1. The van der Waals surface area contributed by atoms with Crippen LogP contribution in [0.25, 0.3) is 0 Å². The molecule has 0 bridgehead atoms. The van der Waals surface area contributed by atoms with Gasteiger partial charge >= 0.3 is 0 Å². The van der Waals surface area contributed by atoms with Crippen molar-refractivity contribution in [1.82, 2.24) is 0 Å². The van der Waals surface area contributed by atoms with E-state index in [9.17, 15) is 9.59 Å². The lowest BCUT2D eigenvalue weighted by Gasteiger charge is -2.17. The van der Waals surface area contributed by atoms with E-state index in [1.54, 1.807) is 47.8 Å². The number of hydrogen-bond donors (Lipinski definition) is 0. The van der Waals surface area contributed by atoms with Crippen LogP contribution in [0.2, 0.25) is 0 Å². The van der Waals surface area contributed by atoms with Crippen LogP contribution in [0.15, 0.2) is 46.7 Å². The predicted octanol–water partition coefficient (Wildman–Crippen LogP) is 4.34. The average molecular weight is 316 g/mol. The molecule has 21 heavy (non-hydrogen) atoms. The summed E-state index contributed by atoms with van der Waals surface area (Å²) in [5.74, 6) is 0.110. The van der Waals surface area contributed by atoms with Crippen LogP contribution in [-0.4, -0.2) is 22.1 Å². The fraction of sp³-hybridized carbons (Fsp3) is 0.294. The third-order valence-electron chi connectivity index (χ3n) is 3.96. The van der Waals surface area contributed by atoms with Gasteiger partial charge in [0.2, 0.25) is 0 Å². The smallest absolute Gasteiger partial charge is 0.199 e. The van der Waals surface area contributed by atoms with E-state index in [-0.39, 0.29) is 11.6 Å². The molecule has 1 heterocycles. The summed E-state index contributed by atoms with van der Waals surface area (Å²) < 4.78 is 0.882. The molecule has 2 nitrogen and oxygen atoms in total. The van der Waals surface area contributed by atoms with Gasteiger partial charge < -0.3 is 0 Å². The van der Waals surface area contributed by atoms with Gasteiger partial charge in [-0.2, -0.15) is 0 Å². The van der Waals surface area contributed by atoms with Crippen LogP contribution in [0.5, 0.6) is 0 Å². The number of Topliss-reactive ketones (excluding diaryl/α,β-unsaturated/α-hetero) is 2. The molecule has 0 amide bonds. The maximum atomic E-state index is 12.5. The number of hydrogen-bond acceptors (Lipinski definition) is 4. The lowest BCUT2D eigenvalue weighted by atomic mass is 10.1. The molecule has 3 rings (SSSR count). The Morgan fingerprint density at radius 2 is 1.71 bits per heavy atom. The highest BCUT2D eigenvalue weighted by Gasteiger charge is 2.41. The Bertz CT molecular complexity index is 638. The van der Waals surface area contributed by atoms with Gasteiger partial charge in [0.1, 0.15) is 0 Å². The Labute approximate surface area is 133 Å². The maximum absolute atomic E-state index is 12.5. The number of rotatable bonds is 2. The molecule has 0 radical (unpaired) electrons. The largest absolute Gasteiger partial charge is 0.288 e. The van der Waals surface area contributed by atoms with Crippen molar-refractivity contribution in [3.05, 3.63) is 57.9 Å². The van der Waals surface area contributed by atoms with Crippen LogP contribution >= 0.6 is 23.5 Å². The quantitative estimate of drug-likeness (QED) is 0.462. The second-order valence-corrected chi connectivity index (χ2v) is 8.20. The minimum atomic E-state index is -0.121. The average Bonchev–Trinajstić information content (AvgIpc) is 2.98. The SMILES string of the molecule is C=CC(C)C1SC(=C2C(=O)c3ccccc3C2=O)SC1C. The third-order valence-corrected chi connectivity index (χ3v) is 7.32. The van der Waals surface area contributed by atoms with E-state index in [2.05, 4.69) is 20.4 Å². The van der Waals surface area contributed by atoms with Crippen molar-refractivity contribution in [2.45, 2.75) is 24.3 Å². The number of benzene rings is 1. The van der Waals surface area contributed by atoms with Gasteiger partial charge in [-0.05, 0) is 5.92 Å². The first-order valence-electron chi connectivity index (χ1n) is 6.93. The van der Waals surface area contributed by atoms with Crippen LogP contribution in [0.3, 0.4) is 0 Å². The summed E-state index contributed by atoms with van der Waals surface area (Å²) in [4.78, 5) is 25.0. The van der Waals surface area contributed by atoms with E-state index in [4.69, 9.17) is 0 Å². The topological polar surface area (TPSA) is 34.1 Å². The summed E-state index contributed by atoms with van der Waals surface area (Å²) in [6, 6.07) is 7.08. The molecule has 1 fully saturated rings. The first kappa shape index (κ1) is 14.7. The van der Waals surface area contributed by atoms with Crippen molar-refractivity contribution in [2.75, 3.05) is 0 Å². The number of carbonyl (C=O) groups is 2. The molecule has 108 valence electrons. The Hall–Kier alpha value is -1.26. The molecule has 0 spiro atoms. The number of ketones is 2. The molecule has 1 aromatic carbocycles. The molecule has 2 aliphatic rings. The monoisotopic (exact) mass is 316 g/mol. The van der Waals surface area contributed by atoms with Crippen molar-refractivity contribution in [1.29, 1.82) is 0 Å². The summed E-state index contributed by atoms with van der Waals surface area (Å²) in [7, 11) is 0. The molecule has 1 aliphatic heterocycles. The molecule has 3 atom stereocenters. The van der Waals surface area contributed by atoms with Crippen molar-refractivity contribution < 1.29 is 9.59 Å². The maximum Gasteiger partial charge on any atom is 0.199 e. The summed E-state index contributed by atoms with van der Waals surface area (Å²) >= 11 is 3.30. The summed E-state index contributed by atoms with van der Waals surface area (Å²) in [5, 5.41) is 0.731. The standard InChI is InChI=1S/C17H16O2S2/c1-4-9(2)16-10(3)20-17(21-16)13-14(18)11-7-5-6-8-12(11)15(13)19/h4-10,16H,1H2,2-3H3. The fourth-order valence-corrected chi connectivity index (χ4v) is 6.14. The molecule has 0 N–H and O–H groups in total.